The number of halogens is 1. The molecule has 0 N–H and O–H groups in total. The Labute approximate surface area is 147 Å². The first kappa shape index (κ1) is 19.3. The maximum absolute atomic E-state index is 11.5. The third kappa shape index (κ3) is 6.11. The van der Waals surface area contributed by atoms with Crippen molar-refractivity contribution < 1.29 is 9.59 Å². The average molecular weight is 375 g/mol. The van der Waals surface area contributed by atoms with Crippen LogP contribution >= 0.6 is 15.9 Å². The monoisotopic (exact) mass is 374 g/mol. The summed E-state index contributed by atoms with van der Waals surface area (Å²) in [4.78, 5) is 22.9. The predicted molar refractivity (Wildman–Crippen MR) is 98.9 cm³/mol. The van der Waals surface area contributed by atoms with Crippen LogP contribution in [0.1, 0.15) is 48.4 Å². The van der Waals surface area contributed by atoms with Gasteiger partial charge in [-0.1, -0.05) is 92.2 Å². The number of Topliss-reactive ketones (excluding diaryl/α,β-unsaturated/α-hetero) is 2. The molecule has 0 fully saturated rings. The summed E-state index contributed by atoms with van der Waals surface area (Å²) in [5.74, 6) is 0.550. The molecule has 0 spiro atoms. The maximum atomic E-state index is 11.5. The van der Waals surface area contributed by atoms with Crippen LogP contribution in [0.2, 0.25) is 0 Å². The lowest BCUT2D eigenvalue weighted by Crippen LogP contribution is -2.07. The summed E-state index contributed by atoms with van der Waals surface area (Å²) in [6.45, 7) is 7.63. The highest BCUT2D eigenvalue weighted by molar-refractivity contribution is 9.10. The summed E-state index contributed by atoms with van der Waals surface area (Å²) < 4.78 is 0.878. The van der Waals surface area contributed by atoms with Crippen LogP contribution in [0.25, 0.3) is 0 Å². The molecule has 122 valence electrons. The van der Waals surface area contributed by atoms with E-state index in [0.29, 0.717) is 0 Å². The highest BCUT2D eigenvalue weighted by atomic mass is 79.9. The largest absolute Gasteiger partial charge is 0.294 e. The highest BCUT2D eigenvalue weighted by Gasteiger charge is 2.12. The van der Waals surface area contributed by atoms with Crippen LogP contribution < -0.4 is 0 Å². The van der Waals surface area contributed by atoms with Gasteiger partial charge in [0.2, 0.25) is 0 Å². The first-order chi connectivity index (χ1) is 10.8. The zero-order valence-electron chi connectivity index (χ0n) is 14.0. The zero-order valence-corrected chi connectivity index (χ0v) is 15.6. The van der Waals surface area contributed by atoms with Gasteiger partial charge in [-0.15, -0.1) is 0 Å². The van der Waals surface area contributed by atoms with Gasteiger partial charge in [0.25, 0.3) is 0 Å². The van der Waals surface area contributed by atoms with Gasteiger partial charge < -0.3 is 0 Å². The van der Waals surface area contributed by atoms with Crippen molar-refractivity contribution in [3.05, 3.63) is 70.2 Å². The fraction of sp³-hybridized carbons (Fsp3) is 0.300. The van der Waals surface area contributed by atoms with Crippen molar-refractivity contribution in [1.82, 2.24) is 0 Å². The minimum atomic E-state index is 0.0590. The Morgan fingerprint density at radius 1 is 0.739 bits per heavy atom. The van der Waals surface area contributed by atoms with E-state index in [0.717, 1.165) is 15.6 Å². The van der Waals surface area contributed by atoms with E-state index in [2.05, 4.69) is 15.9 Å². The van der Waals surface area contributed by atoms with Crippen molar-refractivity contribution in [2.45, 2.75) is 27.7 Å². The van der Waals surface area contributed by atoms with Crippen molar-refractivity contribution in [2.75, 3.05) is 0 Å². The summed E-state index contributed by atoms with van der Waals surface area (Å²) in [6.07, 6.45) is 0. The molecule has 0 radical (unpaired) electrons. The molecule has 2 nitrogen and oxygen atoms in total. The third-order valence-corrected chi connectivity index (χ3v) is 3.94. The van der Waals surface area contributed by atoms with Gasteiger partial charge in [0.15, 0.2) is 11.6 Å². The van der Waals surface area contributed by atoms with Gasteiger partial charge in [-0.3, -0.25) is 9.59 Å². The summed E-state index contributed by atoms with van der Waals surface area (Å²) in [6, 6.07) is 16.9. The minimum absolute atomic E-state index is 0.0590. The Bertz CT molecular complexity index is 646. The number of benzene rings is 2. The van der Waals surface area contributed by atoms with Gasteiger partial charge in [0.05, 0.1) is 0 Å². The topological polar surface area (TPSA) is 34.1 Å². The number of carbonyl (C=O) groups is 2. The summed E-state index contributed by atoms with van der Waals surface area (Å²) in [7, 11) is 0. The SMILES string of the molecule is CC(C)C(=O)c1ccccc1.CC(C)C(=O)c1ccccc1Br. The van der Waals surface area contributed by atoms with Crippen molar-refractivity contribution >= 4 is 27.5 Å². The average Bonchev–Trinajstić information content (AvgIpc) is 2.55. The van der Waals surface area contributed by atoms with Crippen LogP contribution in [-0.2, 0) is 0 Å². The van der Waals surface area contributed by atoms with E-state index >= 15 is 0 Å². The lowest BCUT2D eigenvalue weighted by atomic mass is 10.0. The molecule has 0 heterocycles. The molecule has 23 heavy (non-hydrogen) atoms. The van der Waals surface area contributed by atoms with Crippen molar-refractivity contribution in [3.63, 3.8) is 0 Å². The molecule has 2 aromatic carbocycles. The quantitative estimate of drug-likeness (QED) is 0.632. The van der Waals surface area contributed by atoms with Crippen LogP contribution in [-0.4, -0.2) is 11.6 Å². The fourth-order valence-corrected chi connectivity index (χ4v) is 2.39. The molecule has 0 aromatic heterocycles. The van der Waals surface area contributed by atoms with E-state index in [9.17, 15) is 9.59 Å². The van der Waals surface area contributed by atoms with Gasteiger partial charge in [-0.2, -0.15) is 0 Å². The van der Waals surface area contributed by atoms with E-state index < -0.39 is 0 Å². The van der Waals surface area contributed by atoms with E-state index in [4.69, 9.17) is 0 Å². The number of ketones is 2. The smallest absolute Gasteiger partial charge is 0.166 e. The predicted octanol–water partition coefficient (Wildman–Crippen LogP) is 5.81. The van der Waals surface area contributed by atoms with Crippen LogP contribution in [0.4, 0.5) is 0 Å². The zero-order chi connectivity index (χ0) is 17.4. The van der Waals surface area contributed by atoms with Gasteiger partial charge in [0.1, 0.15) is 0 Å². The molecule has 3 heteroatoms. The molecular weight excluding hydrogens is 352 g/mol. The summed E-state index contributed by atoms with van der Waals surface area (Å²) in [5.41, 5.74) is 1.58. The van der Waals surface area contributed by atoms with Crippen LogP contribution in [0.5, 0.6) is 0 Å². The van der Waals surface area contributed by atoms with Crippen molar-refractivity contribution in [1.29, 1.82) is 0 Å². The molecule has 2 aromatic rings. The van der Waals surface area contributed by atoms with Crippen LogP contribution in [0.15, 0.2) is 59.1 Å². The van der Waals surface area contributed by atoms with Crippen LogP contribution in [0.3, 0.4) is 0 Å². The van der Waals surface area contributed by atoms with Gasteiger partial charge in [-0.25, -0.2) is 0 Å². The molecule has 0 bridgehead atoms. The second-order valence-corrected chi connectivity index (χ2v) is 6.74. The van der Waals surface area contributed by atoms with Gasteiger partial charge in [-0.05, 0) is 6.07 Å². The first-order valence-corrected chi connectivity index (χ1v) is 8.52. The number of hydrogen-bond donors (Lipinski definition) is 0. The lowest BCUT2D eigenvalue weighted by Gasteiger charge is -2.05. The molecular formula is C20H23BrO2. The fourth-order valence-electron chi connectivity index (χ4n) is 1.91. The Hall–Kier alpha value is -1.74. The molecule has 0 aliphatic rings. The molecule has 0 unspecified atom stereocenters. The lowest BCUT2D eigenvalue weighted by molar-refractivity contribution is 0.0932. The summed E-state index contributed by atoms with van der Waals surface area (Å²) >= 11 is 3.34. The Morgan fingerprint density at radius 2 is 1.22 bits per heavy atom. The molecule has 0 amide bonds. The molecule has 0 saturated heterocycles. The van der Waals surface area contributed by atoms with E-state index in [1.165, 1.54) is 0 Å². The first-order valence-electron chi connectivity index (χ1n) is 7.72. The Balaban J connectivity index is 0.000000231. The van der Waals surface area contributed by atoms with E-state index in [1.54, 1.807) is 0 Å². The van der Waals surface area contributed by atoms with E-state index in [1.807, 2.05) is 82.3 Å². The highest BCUT2D eigenvalue weighted by Crippen LogP contribution is 2.19. The van der Waals surface area contributed by atoms with Crippen LogP contribution in [0, 0.1) is 11.8 Å². The van der Waals surface area contributed by atoms with Crippen molar-refractivity contribution in [2.24, 2.45) is 11.8 Å². The van der Waals surface area contributed by atoms with E-state index in [-0.39, 0.29) is 23.4 Å². The molecule has 0 saturated carbocycles. The number of hydrogen-bond acceptors (Lipinski definition) is 2. The second-order valence-electron chi connectivity index (χ2n) is 5.88. The normalized spacial score (nSPS) is 10.2. The molecule has 0 atom stereocenters. The molecule has 2 rings (SSSR count). The minimum Gasteiger partial charge on any atom is -0.294 e. The Morgan fingerprint density at radius 3 is 1.70 bits per heavy atom. The standard InChI is InChI=1S/C10H11BrO.C10H12O/c1-7(2)10(12)8-5-3-4-6-9(8)11;1-8(2)10(11)9-6-4-3-5-7-9/h3-7H,1-2H3;3-8H,1-2H3. The molecule has 0 aliphatic heterocycles. The van der Waals surface area contributed by atoms with Crippen molar-refractivity contribution in [3.8, 4) is 0 Å². The summed E-state index contributed by atoms with van der Waals surface area (Å²) in [5, 5.41) is 0. The number of rotatable bonds is 4. The number of carbonyl (C=O) groups excluding carboxylic acids is 2. The maximum Gasteiger partial charge on any atom is 0.166 e. The van der Waals surface area contributed by atoms with Gasteiger partial charge in [0, 0.05) is 27.4 Å². The third-order valence-electron chi connectivity index (χ3n) is 3.25. The Kier molecular flexibility index (Phi) is 7.90. The second kappa shape index (κ2) is 9.41. The van der Waals surface area contributed by atoms with Gasteiger partial charge >= 0.3 is 0 Å². The molecule has 0 aliphatic carbocycles.